The smallest absolute Gasteiger partial charge is 0.417 e. The lowest BCUT2D eigenvalue weighted by atomic mass is 10.1. The van der Waals surface area contributed by atoms with Gasteiger partial charge >= 0.3 is 6.18 Å². The molecule has 2 aromatic rings. The van der Waals surface area contributed by atoms with E-state index < -0.39 is 11.7 Å². The molecule has 1 aliphatic heterocycles. The van der Waals surface area contributed by atoms with Crippen molar-refractivity contribution in [2.45, 2.75) is 6.18 Å². The Morgan fingerprint density at radius 1 is 1.32 bits per heavy atom. The summed E-state index contributed by atoms with van der Waals surface area (Å²) in [7, 11) is 1.53. The minimum Gasteiger partial charge on any atom is -0.457 e. The van der Waals surface area contributed by atoms with E-state index in [0.29, 0.717) is 28.1 Å². The molecule has 0 aliphatic carbocycles. The summed E-state index contributed by atoms with van der Waals surface area (Å²) in [5.41, 5.74) is -0.715. The number of rotatable bonds is 5. The Morgan fingerprint density at radius 2 is 2.07 bits per heavy atom. The van der Waals surface area contributed by atoms with Crippen molar-refractivity contribution < 1.29 is 27.1 Å². The van der Waals surface area contributed by atoms with Crippen LogP contribution in [0.15, 0.2) is 39.7 Å². The van der Waals surface area contributed by atoms with Gasteiger partial charge in [-0.25, -0.2) is 0 Å². The van der Waals surface area contributed by atoms with E-state index in [9.17, 15) is 18.0 Å². The average Bonchev–Trinajstić information content (AvgIpc) is 3.18. The fourth-order valence-electron chi connectivity index (χ4n) is 2.49. The predicted molar refractivity (Wildman–Crippen MR) is 106 cm³/mol. The van der Waals surface area contributed by atoms with E-state index in [1.807, 2.05) is 0 Å². The SMILES string of the molecule is COCCN1C(=O)/C(=C/c2ccc(-c3ccc(Cl)c(C(F)(F)F)c3)o2)SC1=S. The van der Waals surface area contributed by atoms with E-state index in [-0.39, 0.29) is 22.3 Å². The van der Waals surface area contributed by atoms with Gasteiger partial charge in [0.2, 0.25) is 0 Å². The van der Waals surface area contributed by atoms with Crippen molar-refractivity contribution in [3.8, 4) is 11.3 Å². The minimum absolute atomic E-state index is 0.225. The second kappa shape index (κ2) is 8.28. The van der Waals surface area contributed by atoms with Crippen LogP contribution in [-0.4, -0.2) is 35.4 Å². The van der Waals surface area contributed by atoms with Crippen LogP contribution < -0.4 is 0 Å². The van der Waals surface area contributed by atoms with Crippen molar-refractivity contribution in [2.24, 2.45) is 0 Å². The van der Waals surface area contributed by atoms with Gasteiger partial charge in [-0.05, 0) is 30.3 Å². The number of carbonyl (C=O) groups excluding carboxylic acids is 1. The molecule has 1 fully saturated rings. The molecule has 10 heteroatoms. The summed E-state index contributed by atoms with van der Waals surface area (Å²) in [5.74, 6) is 0.282. The van der Waals surface area contributed by atoms with Crippen LogP contribution in [0.5, 0.6) is 0 Å². The third-order valence-corrected chi connectivity index (χ3v) is 5.56. The fraction of sp³-hybridized carbons (Fsp3) is 0.222. The van der Waals surface area contributed by atoms with E-state index in [1.54, 1.807) is 6.07 Å². The first-order chi connectivity index (χ1) is 13.2. The number of halogens is 4. The zero-order chi connectivity index (χ0) is 20.5. The van der Waals surface area contributed by atoms with Gasteiger partial charge in [-0.3, -0.25) is 9.69 Å². The number of methoxy groups -OCH3 is 1. The standard InChI is InChI=1S/C18H13ClF3NO3S2/c1-25-7-6-23-16(24)15(28-17(23)27)9-11-3-5-14(26-11)10-2-4-13(19)12(8-10)18(20,21)22/h2-5,8-9H,6-7H2,1H3/b15-9-. The van der Waals surface area contributed by atoms with Gasteiger partial charge < -0.3 is 9.15 Å². The summed E-state index contributed by atoms with van der Waals surface area (Å²) in [6, 6.07) is 6.63. The molecule has 0 bridgehead atoms. The topological polar surface area (TPSA) is 42.7 Å². The number of thioether (sulfide) groups is 1. The second-order valence-corrected chi connectivity index (χ2v) is 7.80. The van der Waals surface area contributed by atoms with Gasteiger partial charge in [-0.1, -0.05) is 35.6 Å². The van der Waals surface area contributed by atoms with Gasteiger partial charge in [-0.15, -0.1) is 0 Å². The van der Waals surface area contributed by atoms with Crippen LogP contribution in [0.1, 0.15) is 11.3 Å². The van der Waals surface area contributed by atoms with Gasteiger partial charge in [0, 0.05) is 18.7 Å². The molecule has 0 saturated carbocycles. The minimum atomic E-state index is -4.57. The third kappa shape index (κ3) is 4.43. The molecule has 148 valence electrons. The van der Waals surface area contributed by atoms with Crippen molar-refractivity contribution in [3.05, 3.63) is 51.6 Å². The van der Waals surface area contributed by atoms with Crippen LogP contribution in [0.4, 0.5) is 13.2 Å². The van der Waals surface area contributed by atoms with Crippen LogP contribution >= 0.6 is 35.6 Å². The molecule has 0 radical (unpaired) electrons. The summed E-state index contributed by atoms with van der Waals surface area (Å²) >= 11 is 12.0. The predicted octanol–water partition coefficient (Wildman–Crippen LogP) is 5.47. The molecule has 3 rings (SSSR count). The van der Waals surface area contributed by atoms with Crippen LogP contribution in [0.25, 0.3) is 17.4 Å². The van der Waals surface area contributed by atoms with Crippen molar-refractivity contribution in [3.63, 3.8) is 0 Å². The number of hydrogen-bond donors (Lipinski definition) is 0. The van der Waals surface area contributed by atoms with Gasteiger partial charge in [0.05, 0.1) is 28.6 Å². The quantitative estimate of drug-likeness (QED) is 0.449. The van der Waals surface area contributed by atoms with E-state index in [0.717, 1.165) is 17.8 Å². The van der Waals surface area contributed by atoms with Gasteiger partial charge in [-0.2, -0.15) is 13.2 Å². The molecule has 2 heterocycles. The Labute approximate surface area is 173 Å². The van der Waals surface area contributed by atoms with Gasteiger partial charge in [0.1, 0.15) is 15.8 Å². The molecule has 0 N–H and O–H groups in total. The normalized spacial score (nSPS) is 16.5. The number of furan rings is 1. The Balaban J connectivity index is 1.85. The van der Waals surface area contributed by atoms with E-state index in [4.69, 9.17) is 33.0 Å². The molecule has 1 aromatic heterocycles. The second-order valence-electron chi connectivity index (χ2n) is 5.72. The summed E-state index contributed by atoms with van der Waals surface area (Å²) in [6.07, 6.45) is -3.06. The van der Waals surface area contributed by atoms with Crippen LogP contribution in [-0.2, 0) is 15.7 Å². The molecule has 1 aliphatic rings. The summed E-state index contributed by atoms with van der Waals surface area (Å²) < 4.78 is 50.1. The van der Waals surface area contributed by atoms with Gasteiger partial charge in [0.25, 0.3) is 5.91 Å². The van der Waals surface area contributed by atoms with Crippen LogP contribution in [0, 0.1) is 0 Å². The van der Waals surface area contributed by atoms with E-state index >= 15 is 0 Å². The molecule has 0 spiro atoms. The zero-order valence-electron chi connectivity index (χ0n) is 14.4. The molecule has 1 amide bonds. The first-order valence-corrected chi connectivity index (χ1v) is 9.52. The highest BCUT2D eigenvalue weighted by atomic mass is 35.5. The van der Waals surface area contributed by atoms with E-state index in [1.165, 1.54) is 36.3 Å². The lowest BCUT2D eigenvalue weighted by Crippen LogP contribution is -2.31. The molecule has 28 heavy (non-hydrogen) atoms. The monoisotopic (exact) mass is 447 g/mol. The Hall–Kier alpha value is -1.81. The summed E-state index contributed by atoms with van der Waals surface area (Å²) in [6.45, 7) is 0.690. The maximum Gasteiger partial charge on any atom is 0.417 e. The van der Waals surface area contributed by atoms with Crippen molar-refractivity contribution in [2.75, 3.05) is 20.3 Å². The van der Waals surface area contributed by atoms with Crippen molar-refractivity contribution in [1.29, 1.82) is 0 Å². The highest BCUT2D eigenvalue weighted by Crippen LogP contribution is 2.38. The highest BCUT2D eigenvalue weighted by Gasteiger charge is 2.34. The summed E-state index contributed by atoms with van der Waals surface area (Å²) in [5, 5.41) is -0.386. The number of ether oxygens (including phenoxy) is 1. The zero-order valence-corrected chi connectivity index (χ0v) is 16.8. The molecular formula is C18H13ClF3NO3S2. The Bertz CT molecular complexity index is 956. The van der Waals surface area contributed by atoms with Crippen LogP contribution in [0.2, 0.25) is 5.02 Å². The van der Waals surface area contributed by atoms with E-state index in [2.05, 4.69) is 0 Å². The molecule has 0 atom stereocenters. The molecular weight excluding hydrogens is 435 g/mol. The van der Waals surface area contributed by atoms with Gasteiger partial charge in [0.15, 0.2) is 0 Å². The maximum atomic E-state index is 13.0. The lowest BCUT2D eigenvalue weighted by Gasteiger charge is -2.12. The molecule has 1 aromatic carbocycles. The largest absolute Gasteiger partial charge is 0.457 e. The number of thiocarbonyl (C=S) groups is 1. The Morgan fingerprint density at radius 3 is 2.75 bits per heavy atom. The Kier molecular flexibility index (Phi) is 6.18. The molecule has 0 unspecified atom stereocenters. The lowest BCUT2D eigenvalue weighted by molar-refractivity contribution is -0.137. The third-order valence-electron chi connectivity index (χ3n) is 3.85. The first-order valence-electron chi connectivity index (χ1n) is 7.92. The van der Waals surface area contributed by atoms with Crippen molar-refractivity contribution in [1.82, 2.24) is 4.90 Å². The highest BCUT2D eigenvalue weighted by molar-refractivity contribution is 8.26. The maximum absolute atomic E-state index is 13.0. The number of benzene rings is 1. The first kappa shape index (κ1) is 20.9. The number of amides is 1. The van der Waals surface area contributed by atoms with Crippen molar-refractivity contribution >= 4 is 51.9 Å². The number of nitrogens with zero attached hydrogens (tertiary/aromatic N) is 1. The fourth-order valence-corrected chi connectivity index (χ4v) is 4.00. The number of hydrogen-bond acceptors (Lipinski definition) is 5. The number of carbonyl (C=O) groups is 1. The summed E-state index contributed by atoms with van der Waals surface area (Å²) in [4.78, 5) is 14.2. The number of alkyl halides is 3. The molecule has 4 nitrogen and oxygen atoms in total. The molecule has 1 saturated heterocycles. The van der Waals surface area contributed by atoms with Crippen LogP contribution in [0.3, 0.4) is 0 Å². The average molecular weight is 448 g/mol.